The number of benzene rings is 2. The van der Waals surface area contributed by atoms with E-state index in [4.69, 9.17) is 4.74 Å². The molecule has 0 aliphatic carbocycles. The lowest BCUT2D eigenvalue weighted by Crippen LogP contribution is -2.08. The number of aryl methyl sites for hydroxylation is 1. The molecule has 0 amide bonds. The SMILES string of the molecule is CCc1cc(Br)ccc1NC(C)c1ccc(F)c(OC)c1. The third-order valence-electron chi connectivity index (χ3n) is 3.50. The summed E-state index contributed by atoms with van der Waals surface area (Å²) < 4.78 is 19.6. The van der Waals surface area contributed by atoms with Crippen molar-refractivity contribution in [2.75, 3.05) is 12.4 Å². The van der Waals surface area contributed by atoms with E-state index >= 15 is 0 Å². The lowest BCUT2D eigenvalue weighted by Gasteiger charge is -2.19. The average molecular weight is 352 g/mol. The second-order valence-corrected chi connectivity index (χ2v) is 5.83. The van der Waals surface area contributed by atoms with Gasteiger partial charge in [-0.1, -0.05) is 28.9 Å². The van der Waals surface area contributed by atoms with Gasteiger partial charge in [-0.3, -0.25) is 0 Å². The molecule has 2 nitrogen and oxygen atoms in total. The van der Waals surface area contributed by atoms with Crippen LogP contribution in [0.2, 0.25) is 0 Å². The molecule has 2 aromatic rings. The number of hydrogen-bond acceptors (Lipinski definition) is 2. The molecule has 0 fully saturated rings. The van der Waals surface area contributed by atoms with Crippen molar-refractivity contribution in [3.8, 4) is 5.75 Å². The largest absolute Gasteiger partial charge is 0.494 e. The van der Waals surface area contributed by atoms with E-state index in [2.05, 4.69) is 40.3 Å². The molecule has 1 N–H and O–H groups in total. The van der Waals surface area contributed by atoms with Crippen LogP contribution in [0.15, 0.2) is 40.9 Å². The highest BCUT2D eigenvalue weighted by Crippen LogP contribution is 2.28. The number of methoxy groups -OCH3 is 1. The lowest BCUT2D eigenvalue weighted by atomic mass is 10.1. The summed E-state index contributed by atoms with van der Waals surface area (Å²) in [5.41, 5.74) is 3.32. The maximum atomic E-state index is 13.5. The van der Waals surface area contributed by atoms with Gasteiger partial charge in [-0.05, 0) is 54.8 Å². The summed E-state index contributed by atoms with van der Waals surface area (Å²) in [6.07, 6.45) is 0.946. The fourth-order valence-corrected chi connectivity index (χ4v) is 2.67. The van der Waals surface area contributed by atoms with Gasteiger partial charge in [-0.2, -0.15) is 0 Å². The van der Waals surface area contributed by atoms with Gasteiger partial charge in [0.1, 0.15) is 0 Å². The Bertz CT molecular complexity index is 630. The second-order valence-electron chi connectivity index (χ2n) is 4.92. The van der Waals surface area contributed by atoms with Gasteiger partial charge in [0.2, 0.25) is 0 Å². The summed E-state index contributed by atoms with van der Waals surface area (Å²) in [4.78, 5) is 0. The Morgan fingerprint density at radius 1 is 1.24 bits per heavy atom. The van der Waals surface area contributed by atoms with Crippen molar-refractivity contribution in [1.29, 1.82) is 0 Å². The van der Waals surface area contributed by atoms with Crippen LogP contribution >= 0.6 is 15.9 Å². The summed E-state index contributed by atoms with van der Waals surface area (Å²) >= 11 is 3.49. The predicted molar refractivity (Wildman–Crippen MR) is 88.5 cm³/mol. The number of anilines is 1. The first kappa shape index (κ1) is 15.8. The Labute approximate surface area is 133 Å². The average Bonchev–Trinajstić information content (AvgIpc) is 2.49. The molecule has 112 valence electrons. The summed E-state index contributed by atoms with van der Waals surface area (Å²) in [5.74, 6) is -0.0704. The summed E-state index contributed by atoms with van der Waals surface area (Å²) in [7, 11) is 1.48. The van der Waals surface area contributed by atoms with Crippen LogP contribution in [-0.2, 0) is 6.42 Å². The van der Waals surface area contributed by atoms with Crippen molar-refractivity contribution in [2.24, 2.45) is 0 Å². The van der Waals surface area contributed by atoms with E-state index in [1.165, 1.54) is 18.7 Å². The molecule has 21 heavy (non-hydrogen) atoms. The predicted octanol–water partition coefficient (Wildman–Crippen LogP) is 5.33. The Morgan fingerprint density at radius 3 is 2.67 bits per heavy atom. The van der Waals surface area contributed by atoms with Crippen molar-refractivity contribution in [3.05, 3.63) is 57.8 Å². The molecule has 2 rings (SSSR count). The van der Waals surface area contributed by atoms with E-state index < -0.39 is 0 Å². The van der Waals surface area contributed by atoms with Crippen LogP contribution in [0.5, 0.6) is 5.75 Å². The normalized spacial score (nSPS) is 12.0. The molecule has 0 saturated heterocycles. The molecule has 0 radical (unpaired) electrons. The molecule has 0 heterocycles. The van der Waals surface area contributed by atoms with Crippen LogP contribution in [0.25, 0.3) is 0 Å². The number of nitrogens with one attached hydrogen (secondary N) is 1. The molecule has 1 unspecified atom stereocenters. The fourth-order valence-electron chi connectivity index (χ4n) is 2.26. The highest BCUT2D eigenvalue weighted by Gasteiger charge is 2.11. The molecule has 4 heteroatoms. The summed E-state index contributed by atoms with van der Waals surface area (Å²) in [6, 6.07) is 11.2. The highest BCUT2D eigenvalue weighted by atomic mass is 79.9. The number of halogens is 2. The lowest BCUT2D eigenvalue weighted by molar-refractivity contribution is 0.385. The zero-order valence-corrected chi connectivity index (χ0v) is 14.0. The smallest absolute Gasteiger partial charge is 0.165 e. The van der Waals surface area contributed by atoms with Gasteiger partial charge in [-0.15, -0.1) is 0 Å². The third-order valence-corrected chi connectivity index (χ3v) is 3.99. The van der Waals surface area contributed by atoms with Gasteiger partial charge in [0.05, 0.1) is 7.11 Å². The highest BCUT2D eigenvalue weighted by molar-refractivity contribution is 9.10. The zero-order valence-electron chi connectivity index (χ0n) is 12.4. The topological polar surface area (TPSA) is 21.3 Å². The van der Waals surface area contributed by atoms with Crippen molar-refractivity contribution in [2.45, 2.75) is 26.3 Å². The van der Waals surface area contributed by atoms with Gasteiger partial charge in [0.15, 0.2) is 11.6 Å². The first-order valence-corrected chi connectivity index (χ1v) is 7.72. The minimum atomic E-state index is -0.341. The van der Waals surface area contributed by atoms with Crippen molar-refractivity contribution in [1.82, 2.24) is 0 Å². The molecule has 0 aliphatic rings. The Hall–Kier alpha value is -1.55. The molecular weight excluding hydrogens is 333 g/mol. The molecule has 2 aromatic carbocycles. The third kappa shape index (κ3) is 3.76. The first-order valence-electron chi connectivity index (χ1n) is 6.93. The minimum Gasteiger partial charge on any atom is -0.494 e. The molecule has 0 aliphatic heterocycles. The monoisotopic (exact) mass is 351 g/mol. The van der Waals surface area contributed by atoms with Crippen LogP contribution in [0.4, 0.5) is 10.1 Å². The van der Waals surface area contributed by atoms with E-state index in [0.29, 0.717) is 0 Å². The van der Waals surface area contributed by atoms with Crippen molar-refractivity contribution >= 4 is 21.6 Å². The number of ether oxygens (including phenoxy) is 1. The number of rotatable bonds is 5. The summed E-state index contributed by atoms with van der Waals surface area (Å²) in [5, 5.41) is 3.48. The quantitative estimate of drug-likeness (QED) is 0.785. The molecule has 0 bridgehead atoms. The number of hydrogen-bond donors (Lipinski definition) is 1. The fraction of sp³-hybridized carbons (Fsp3) is 0.294. The van der Waals surface area contributed by atoms with E-state index in [1.54, 1.807) is 12.1 Å². The maximum absolute atomic E-state index is 13.5. The standard InChI is InChI=1S/C17H19BrFNO/c1-4-12-9-14(18)6-8-16(12)20-11(2)13-5-7-15(19)17(10-13)21-3/h5-11,20H,4H2,1-3H3. The van der Waals surface area contributed by atoms with E-state index in [9.17, 15) is 4.39 Å². The minimum absolute atomic E-state index is 0.0611. The Morgan fingerprint density at radius 2 is 2.00 bits per heavy atom. The van der Waals surface area contributed by atoms with E-state index in [-0.39, 0.29) is 17.6 Å². The summed E-state index contributed by atoms with van der Waals surface area (Å²) in [6.45, 7) is 4.17. The van der Waals surface area contributed by atoms with Crippen LogP contribution in [0, 0.1) is 5.82 Å². The van der Waals surface area contributed by atoms with Crippen LogP contribution in [0.3, 0.4) is 0 Å². The molecular formula is C17H19BrFNO. The van der Waals surface area contributed by atoms with Gasteiger partial charge >= 0.3 is 0 Å². The van der Waals surface area contributed by atoms with Crippen molar-refractivity contribution < 1.29 is 9.13 Å². The van der Waals surface area contributed by atoms with Crippen LogP contribution in [0.1, 0.15) is 31.0 Å². The first-order chi connectivity index (χ1) is 10.0. The van der Waals surface area contributed by atoms with Gasteiger partial charge in [-0.25, -0.2) is 4.39 Å². The van der Waals surface area contributed by atoms with Crippen LogP contribution in [-0.4, -0.2) is 7.11 Å². The maximum Gasteiger partial charge on any atom is 0.165 e. The van der Waals surface area contributed by atoms with E-state index in [1.807, 2.05) is 13.0 Å². The van der Waals surface area contributed by atoms with Crippen LogP contribution < -0.4 is 10.1 Å². The van der Waals surface area contributed by atoms with Gasteiger partial charge in [0, 0.05) is 16.2 Å². The van der Waals surface area contributed by atoms with Crippen molar-refractivity contribution in [3.63, 3.8) is 0 Å². The Kier molecular flexibility index (Phi) is 5.23. The molecule has 0 aromatic heterocycles. The van der Waals surface area contributed by atoms with Gasteiger partial charge < -0.3 is 10.1 Å². The van der Waals surface area contributed by atoms with E-state index in [0.717, 1.165) is 22.1 Å². The molecule has 1 atom stereocenters. The molecule has 0 spiro atoms. The Balaban J connectivity index is 2.23. The van der Waals surface area contributed by atoms with Gasteiger partial charge in [0.25, 0.3) is 0 Å². The molecule has 0 saturated carbocycles. The zero-order chi connectivity index (χ0) is 15.4. The second kappa shape index (κ2) is 6.94.